The van der Waals surface area contributed by atoms with Crippen LogP contribution in [0.1, 0.15) is 29.5 Å². The predicted octanol–water partition coefficient (Wildman–Crippen LogP) is 4.97. The number of aryl methyl sites for hydroxylation is 1. The molecule has 0 aliphatic heterocycles. The normalized spacial score (nSPS) is 10.7. The Hall–Kier alpha value is -2.66. The van der Waals surface area contributed by atoms with Gasteiger partial charge in [-0.05, 0) is 29.7 Å². The van der Waals surface area contributed by atoms with Gasteiger partial charge in [-0.2, -0.15) is 0 Å². The van der Waals surface area contributed by atoms with Crippen LogP contribution in [0.25, 0.3) is 11.3 Å². The van der Waals surface area contributed by atoms with Crippen molar-refractivity contribution in [3.63, 3.8) is 0 Å². The summed E-state index contributed by atoms with van der Waals surface area (Å²) in [5.41, 5.74) is 4.01. The van der Waals surface area contributed by atoms with Crippen molar-refractivity contribution in [1.82, 2.24) is 4.98 Å². The Morgan fingerprint density at radius 2 is 1.96 bits per heavy atom. The summed E-state index contributed by atoms with van der Waals surface area (Å²) in [5, 5.41) is 11.5. The summed E-state index contributed by atoms with van der Waals surface area (Å²) >= 11 is 1.37. The highest BCUT2D eigenvalue weighted by atomic mass is 32.1. The van der Waals surface area contributed by atoms with E-state index >= 15 is 0 Å². The lowest BCUT2D eigenvalue weighted by Gasteiger charge is -2.12. The molecule has 1 aromatic heterocycles. The molecule has 3 aromatic rings. The number of hydrogen-bond donors (Lipinski definition) is 1. The lowest BCUT2D eigenvalue weighted by molar-refractivity contribution is -0.136. The van der Waals surface area contributed by atoms with E-state index in [1.807, 2.05) is 41.8 Å². The molecule has 0 aliphatic carbocycles. The zero-order valence-corrected chi connectivity index (χ0v) is 15.5. The van der Waals surface area contributed by atoms with Crippen LogP contribution in [0, 0.1) is 0 Å². The molecule has 3 rings (SSSR count). The number of thiazole rings is 1. The van der Waals surface area contributed by atoms with Gasteiger partial charge in [-0.15, -0.1) is 11.3 Å². The van der Waals surface area contributed by atoms with E-state index in [1.54, 1.807) is 0 Å². The number of benzene rings is 2. The number of hydrogen-bond acceptors (Lipinski definition) is 4. The van der Waals surface area contributed by atoms with E-state index in [1.165, 1.54) is 16.9 Å². The van der Waals surface area contributed by atoms with Gasteiger partial charge < -0.3 is 9.84 Å². The fraction of sp³-hybridized carbons (Fsp3) is 0.238. The Morgan fingerprint density at radius 3 is 2.69 bits per heavy atom. The van der Waals surface area contributed by atoms with Crippen molar-refractivity contribution in [2.75, 3.05) is 0 Å². The molecule has 0 fully saturated rings. The predicted molar refractivity (Wildman–Crippen MR) is 104 cm³/mol. The molecule has 0 amide bonds. The zero-order valence-electron chi connectivity index (χ0n) is 14.6. The van der Waals surface area contributed by atoms with Gasteiger partial charge in [0, 0.05) is 10.9 Å². The second-order valence-corrected chi connectivity index (χ2v) is 6.99. The quantitative estimate of drug-likeness (QED) is 0.611. The molecule has 0 radical (unpaired) electrons. The minimum Gasteiger partial charge on any atom is -0.488 e. The van der Waals surface area contributed by atoms with Crippen molar-refractivity contribution in [1.29, 1.82) is 0 Å². The number of carbonyl (C=O) groups is 1. The molecule has 1 heterocycles. The van der Waals surface area contributed by atoms with Gasteiger partial charge in [-0.25, -0.2) is 4.98 Å². The van der Waals surface area contributed by atoms with Crippen LogP contribution in [0.5, 0.6) is 5.75 Å². The van der Waals surface area contributed by atoms with Gasteiger partial charge in [0.2, 0.25) is 0 Å². The highest BCUT2D eigenvalue weighted by molar-refractivity contribution is 7.10. The lowest BCUT2D eigenvalue weighted by atomic mass is 10.0. The fourth-order valence-electron chi connectivity index (χ4n) is 2.73. The minimum atomic E-state index is -0.869. The van der Waals surface area contributed by atoms with E-state index in [9.17, 15) is 4.79 Å². The third-order valence-corrected chi connectivity index (χ3v) is 4.80. The first-order valence-corrected chi connectivity index (χ1v) is 9.50. The molecule has 4 nitrogen and oxygen atoms in total. The molecule has 0 aliphatic rings. The molecule has 0 spiro atoms. The van der Waals surface area contributed by atoms with Crippen LogP contribution < -0.4 is 4.74 Å². The molecular formula is C21H21NO3S. The van der Waals surface area contributed by atoms with Crippen molar-refractivity contribution in [3.8, 4) is 17.0 Å². The van der Waals surface area contributed by atoms with Gasteiger partial charge in [-0.1, -0.05) is 49.7 Å². The van der Waals surface area contributed by atoms with Gasteiger partial charge in [0.1, 0.15) is 17.4 Å². The number of aliphatic carboxylic acids is 1. The molecule has 0 unspecified atom stereocenters. The molecule has 2 aromatic carbocycles. The van der Waals surface area contributed by atoms with Gasteiger partial charge in [0.15, 0.2) is 0 Å². The summed E-state index contributed by atoms with van der Waals surface area (Å²) in [6.07, 6.45) is 1.99. The zero-order chi connectivity index (χ0) is 18.4. The minimum absolute atomic E-state index is 0.0560. The summed E-state index contributed by atoms with van der Waals surface area (Å²) in [4.78, 5) is 15.4. The van der Waals surface area contributed by atoms with E-state index in [4.69, 9.17) is 9.84 Å². The van der Waals surface area contributed by atoms with Crippen LogP contribution in [0.2, 0.25) is 0 Å². The fourth-order valence-corrected chi connectivity index (χ4v) is 3.51. The monoisotopic (exact) mass is 367 g/mol. The van der Waals surface area contributed by atoms with E-state index in [0.717, 1.165) is 35.4 Å². The van der Waals surface area contributed by atoms with Crippen LogP contribution in [0.3, 0.4) is 0 Å². The second-order valence-electron chi connectivity index (χ2n) is 6.05. The van der Waals surface area contributed by atoms with E-state index < -0.39 is 5.97 Å². The van der Waals surface area contributed by atoms with Crippen LogP contribution in [0.15, 0.2) is 53.9 Å². The average Bonchev–Trinajstić information content (AvgIpc) is 3.09. The number of nitrogens with zero attached hydrogens (tertiary/aromatic N) is 1. The number of aromatic nitrogens is 1. The van der Waals surface area contributed by atoms with Crippen molar-refractivity contribution < 1.29 is 14.6 Å². The molecule has 134 valence electrons. The molecule has 26 heavy (non-hydrogen) atoms. The van der Waals surface area contributed by atoms with Crippen molar-refractivity contribution >= 4 is 17.3 Å². The van der Waals surface area contributed by atoms with Crippen LogP contribution in [0.4, 0.5) is 0 Å². The Morgan fingerprint density at radius 1 is 1.15 bits per heavy atom. The number of carboxylic acids is 1. The maximum Gasteiger partial charge on any atom is 0.310 e. The summed E-state index contributed by atoms with van der Waals surface area (Å²) in [6, 6.07) is 16.2. The topological polar surface area (TPSA) is 59.4 Å². The van der Waals surface area contributed by atoms with Crippen LogP contribution >= 0.6 is 11.3 Å². The Balaban J connectivity index is 1.88. The largest absolute Gasteiger partial charge is 0.488 e. The van der Waals surface area contributed by atoms with E-state index in [0.29, 0.717) is 11.6 Å². The Labute approximate surface area is 157 Å². The molecule has 5 heteroatoms. The molecule has 0 bridgehead atoms. The summed E-state index contributed by atoms with van der Waals surface area (Å²) in [5.74, 6) is -0.105. The first-order valence-electron chi connectivity index (χ1n) is 8.62. The van der Waals surface area contributed by atoms with Crippen molar-refractivity contribution in [3.05, 3.63) is 70.0 Å². The van der Waals surface area contributed by atoms with Crippen LogP contribution in [-0.4, -0.2) is 16.1 Å². The smallest absolute Gasteiger partial charge is 0.310 e. The SMILES string of the molecule is CCCc1ccc(OCc2ccccc2)c(-c2csc(CC(=O)O)n2)c1. The average molecular weight is 367 g/mol. The molecular weight excluding hydrogens is 346 g/mol. The first kappa shape index (κ1) is 18.1. The molecule has 0 saturated carbocycles. The molecule has 0 saturated heterocycles. The number of carboxylic acid groups (broad SMARTS) is 1. The molecule has 0 atom stereocenters. The third-order valence-electron chi connectivity index (χ3n) is 3.95. The highest BCUT2D eigenvalue weighted by Crippen LogP contribution is 2.33. The summed E-state index contributed by atoms with van der Waals surface area (Å²) in [7, 11) is 0. The lowest BCUT2D eigenvalue weighted by Crippen LogP contribution is -2.00. The van der Waals surface area contributed by atoms with Gasteiger partial charge in [0.05, 0.1) is 12.1 Å². The van der Waals surface area contributed by atoms with Crippen LogP contribution in [-0.2, 0) is 24.2 Å². The standard InChI is InChI=1S/C21H21NO3S/c1-2-6-15-9-10-19(25-13-16-7-4-3-5-8-16)17(11-15)18-14-26-20(22-18)12-21(23)24/h3-5,7-11,14H,2,6,12-13H2,1H3,(H,23,24). The Bertz CT molecular complexity index is 874. The van der Waals surface area contributed by atoms with E-state index in [2.05, 4.69) is 24.0 Å². The van der Waals surface area contributed by atoms with Gasteiger partial charge in [-0.3, -0.25) is 4.79 Å². The Kier molecular flexibility index (Phi) is 6.02. The number of ether oxygens (including phenoxy) is 1. The van der Waals surface area contributed by atoms with Gasteiger partial charge in [0.25, 0.3) is 0 Å². The second kappa shape index (κ2) is 8.63. The van der Waals surface area contributed by atoms with E-state index in [-0.39, 0.29) is 6.42 Å². The first-order chi connectivity index (χ1) is 12.7. The highest BCUT2D eigenvalue weighted by Gasteiger charge is 2.13. The maximum atomic E-state index is 10.9. The van der Waals surface area contributed by atoms with Crippen molar-refractivity contribution in [2.45, 2.75) is 32.8 Å². The number of rotatable bonds is 8. The third kappa shape index (κ3) is 4.70. The maximum absolute atomic E-state index is 10.9. The molecule has 1 N–H and O–H groups in total. The van der Waals surface area contributed by atoms with Gasteiger partial charge >= 0.3 is 5.97 Å². The summed E-state index contributed by atoms with van der Waals surface area (Å²) in [6.45, 7) is 2.63. The van der Waals surface area contributed by atoms with Crippen molar-refractivity contribution in [2.24, 2.45) is 0 Å². The summed E-state index contributed by atoms with van der Waals surface area (Å²) < 4.78 is 6.05.